The van der Waals surface area contributed by atoms with Gasteiger partial charge in [-0.2, -0.15) is 0 Å². The molecule has 1 aromatic heterocycles. The Morgan fingerprint density at radius 1 is 1.03 bits per heavy atom. The van der Waals surface area contributed by atoms with Gasteiger partial charge in [-0.1, -0.05) is 12.1 Å². The molecule has 0 spiro atoms. The minimum Gasteiger partial charge on any atom is -0.497 e. The highest BCUT2D eigenvalue weighted by Gasteiger charge is 2.42. The Morgan fingerprint density at radius 2 is 1.85 bits per heavy atom. The topological polar surface area (TPSA) is 81.5 Å². The van der Waals surface area contributed by atoms with Crippen molar-refractivity contribution in [1.29, 1.82) is 0 Å². The number of nitrogens with zero attached hydrogens (tertiary/aromatic N) is 2. The van der Waals surface area contributed by atoms with Crippen LogP contribution in [0.2, 0.25) is 0 Å². The summed E-state index contributed by atoms with van der Waals surface area (Å²) in [5.41, 5.74) is 1.33. The molecule has 0 aliphatic carbocycles. The van der Waals surface area contributed by atoms with Gasteiger partial charge >= 0.3 is 0 Å². The highest BCUT2D eigenvalue weighted by molar-refractivity contribution is 5.99. The van der Waals surface area contributed by atoms with Crippen molar-refractivity contribution in [3.8, 4) is 11.5 Å². The van der Waals surface area contributed by atoms with Crippen molar-refractivity contribution < 1.29 is 23.4 Å². The summed E-state index contributed by atoms with van der Waals surface area (Å²) in [6.07, 6.45) is 0. The molecule has 1 amide bonds. The number of morpholine rings is 1. The highest BCUT2D eigenvalue weighted by atomic mass is 16.5. The van der Waals surface area contributed by atoms with E-state index in [1.165, 1.54) is 0 Å². The first kappa shape index (κ1) is 22.4. The molecule has 5 rings (SSSR count). The number of amides is 1. The number of fused-ring (bicyclic) bond motifs is 2. The predicted octanol–water partition coefficient (Wildman–Crippen LogP) is 3.08. The van der Waals surface area contributed by atoms with E-state index in [-0.39, 0.29) is 17.1 Å². The molecule has 2 aliphatic heterocycles. The van der Waals surface area contributed by atoms with Crippen molar-refractivity contribution in [3.63, 3.8) is 0 Å². The lowest BCUT2D eigenvalue weighted by Gasteiger charge is -2.31. The quantitative estimate of drug-likeness (QED) is 0.532. The zero-order valence-electron chi connectivity index (χ0n) is 19.4. The maximum absolute atomic E-state index is 13.7. The molecule has 2 aromatic carbocycles. The summed E-state index contributed by atoms with van der Waals surface area (Å²) in [6, 6.07) is 12.1. The van der Waals surface area contributed by atoms with Crippen molar-refractivity contribution in [2.24, 2.45) is 0 Å². The van der Waals surface area contributed by atoms with Crippen molar-refractivity contribution in [2.75, 3.05) is 53.1 Å². The molecule has 3 heterocycles. The monoisotopic (exact) mass is 464 g/mol. The Balaban J connectivity index is 1.60. The van der Waals surface area contributed by atoms with Crippen molar-refractivity contribution in [3.05, 3.63) is 69.6 Å². The van der Waals surface area contributed by atoms with Crippen LogP contribution in [0.1, 0.15) is 34.6 Å². The number of carbonyl (C=O) groups excluding carboxylic acids is 1. The van der Waals surface area contributed by atoms with Gasteiger partial charge in [0.05, 0.1) is 43.9 Å². The van der Waals surface area contributed by atoms with Gasteiger partial charge in [0.2, 0.25) is 5.76 Å². The zero-order chi connectivity index (χ0) is 23.7. The van der Waals surface area contributed by atoms with E-state index in [9.17, 15) is 9.59 Å². The molecular formula is C26H28N2O6. The number of carbonyl (C=O) groups is 1. The second-order valence-electron chi connectivity index (χ2n) is 8.40. The van der Waals surface area contributed by atoms with Crippen molar-refractivity contribution >= 4 is 16.9 Å². The van der Waals surface area contributed by atoms with E-state index in [2.05, 4.69) is 4.90 Å². The van der Waals surface area contributed by atoms with E-state index < -0.39 is 6.04 Å². The number of methoxy groups -OCH3 is 1. The molecule has 1 saturated heterocycles. The lowest BCUT2D eigenvalue weighted by molar-refractivity contribution is 0.0314. The molecule has 3 aromatic rings. The van der Waals surface area contributed by atoms with Crippen LogP contribution >= 0.6 is 0 Å². The predicted molar refractivity (Wildman–Crippen MR) is 127 cm³/mol. The van der Waals surface area contributed by atoms with E-state index in [0.717, 1.165) is 18.7 Å². The fraction of sp³-hybridized carbons (Fsp3) is 0.385. The molecule has 2 aliphatic rings. The molecule has 0 radical (unpaired) electrons. The van der Waals surface area contributed by atoms with E-state index in [1.807, 2.05) is 31.2 Å². The Hall–Kier alpha value is -3.36. The molecule has 1 unspecified atom stereocenters. The number of hydrogen-bond donors (Lipinski definition) is 0. The molecule has 8 nitrogen and oxygen atoms in total. The van der Waals surface area contributed by atoms with Gasteiger partial charge in [0, 0.05) is 32.2 Å². The van der Waals surface area contributed by atoms with Gasteiger partial charge < -0.3 is 23.5 Å². The van der Waals surface area contributed by atoms with Crippen LogP contribution in [0.15, 0.2) is 51.7 Å². The van der Waals surface area contributed by atoms with Gasteiger partial charge in [-0.3, -0.25) is 14.5 Å². The van der Waals surface area contributed by atoms with Gasteiger partial charge in [-0.15, -0.1) is 0 Å². The Kier molecular flexibility index (Phi) is 6.26. The summed E-state index contributed by atoms with van der Waals surface area (Å²) in [5.74, 6) is 1.08. The maximum Gasteiger partial charge on any atom is 0.290 e. The van der Waals surface area contributed by atoms with Gasteiger partial charge in [0.15, 0.2) is 5.43 Å². The molecule has 8 heteroatoms. The molecule has 0 bridgehead atoms. The smallest absolute Gasteiger partial charge is 0.290 e. The first-order valence-electron chi connectivity index (χ1n) is 11.6. The third kappa shape index (κ3) is 4.03. The Labute approximate surface area is 197 Å². The molecule has 34 heavy (non-hydrogen) atoms. The summed E-state index contributed by atoms with van der Waals surface area (Å²) in [6.45, 7) is 6.53. The summed E-state index contributed by atoms with van der Waals surface area (Å²) >= 11 is 0. The van der Waals surface area contributed by atoms with E-state index in [0.29, 0.717) is 60.9 Å². The van der Waals surface area contributed by atoms with Crippen LogP contribution in [0.4, 0.5) is 0 Å². The van der Waals surface area contributed by atoms with Crippen LogP contribution in [-0.2, 0) is 4.74 Å². The van der Waals surface area contributed by atoms with Gasteiger partial charge in [-0.25, -0.2) is 0 Å². The van der Waals surface area contributed by atoms with E-state index in [4.69, 9.17) is 18.6 Å². The van der Waals surface area contributed by atoms with E-state index in [1.54, 1.807) is 30.2 Å². The number of ether oxygens (including phenoxy) is 3. The largest absolute Gasteiger partial charge is 0.497 e. The molecule has 178 valence electrons. The number of benzene rings is 2. The van der Waals surface area contributed by atoms with Gasteiger partial charge in [0.1, 0.15) is 17.1 Å². The van der Waals surface area contributed by atoms with Gasteiger partial charge in [-0.05, 0) is 36.8 Å². The Bertz CT molecular complexity index is 1260. The lowest BCUT2D eigenvalue weighted by atomic mass is 9.98. The molecule has 1 atom stereocenters. The second-order valence-corrected chi connectivity index (χ2v) is 8.40. The summed E-state index contributed by atoms with van der Waals surface area (Å²) in [4.78, 5) is 31.3. The third-order valence-electron chi connectivity index (χ3n) is 6.42. The molecule has 0 N–H and O–H groups in total. The minimum atomic E-state index is -0.550. The zero-order valence-corrected chi connectivity index (χ0v) is 19.4. The fourth-order valence-electron chi connectivity index (χ4n) is 4.72. The summed E-state index contributed by atoms with van der Waals surface area (Å²) in [7, 11) is 1.60. The first-order chi connectivity index (χ1) is 16.6. The number of hydrogen-bond acceptors (Lipinski definition) is 7. The third-order valence-corrected chi connectivity index (χ3v) is 6.42. The van der Waals surface area contributed by atoms with Crippen LogP contribution < -0.4 is 14.9 Å². The van der Waals surface area contributed by atoms with E-state index >= 15 is 0 Å². The van der Waals surface area contributed by atoms with Crippen LogP contribution in [0.5, 0.6) is 11.5 Å². The van der Waals surface area contributed by atoms with Crippen LogP contribution in [0.25, 0.3) is 11.0 Å². The second kappa shape index (κ2) is 9.48. The SMILES string of the molecule is CCOc1ccc2c(=O)c3c(oc2c1)C(=O)N(CCN1CCOCC1)C3c1cccc(OC)c1. The molecule has 1 fully saturated rings. The van der Waals surface area contributed by atoms with Gasteiger partial charge in [0.25, 0.3) is 5.91 Å². The lowest BCUT2D eigenvalue weighted by Crippen LogP contribution is -2.42. The summed E-state index contributed by atoms with van der Waals surface area (Å²) < 4.78 is 22.5. The minimum absolute atomic E-state index is 0.0981. The number of rotatable bonds is 7. The highest BCUT2D eigenvalue weighted by Crippen LogP contribution is 2.39. The van der Waals surface area contributed by atoms with Crippen LogP contribution in [-0.4, -0.2) is 68.8 Å². The molecular weight excluding hydrogens is 436 g/mol. The van der Waals surface area contributed by atoms with Crippen molar-refractivity contribution in [1.82, 2.24) is 9.80 Å². The Morgan fingerprint density at radius 3 is 2.62 bits per heavy atom. The average molecular weight is 465 g/mol. The average Bonchev–Trinajstić information content (AvgIpc) is 3.15. The van der Waals surface area contributed by atoms with Crippen molar-refractivity contribution in [2.45, 2.75) is 13.0 Å². The maximum atomic E-state index is 13.7. The normalized spacial score (nSPS) is 18.4. The fourth-order valence-corrected chi connectivity index (χ4v) is 4.72. The van der Waals surface area contributed by atoms with Crippen LogP contribution in [0.3, 0.4) is 0 Å². The molecule has 0 saturated carbocycles. The first-order valence-corrected chi connectivity index (χ1v) is 11.6. The standard InChI is InChI=1S/C26H28N2O6/c1-3-33-19-7-8-20-21(16-19)34-25-22(24(20)29)23(17-5-4-6-18(15-17)31-2)28(26(25)30)10-9-27-11-13-32-14-12-27/h4-8,15-16,23H,3,9-14H2,1-2H3. The summed E-state index contributed by atoms with van der Waals surface area (Å²) in [5, 5.41) is 0.429. The van der Waals surface area contributed by atoms with Crippen LogP contribution in [0, 0.1) is 0 Å².